The molecular formula is C14H12ClNOS. The van der Waals surface area contributed by atoms with Crippen molar-refractivity contribution in [3.05, 3.63) is 57.4 Å². The van der Waals surface area contributed by atoms with Crippen molar-refractivity contribution in [1.29, 1.82) is 0 Å². The number of benzene rings is 1. The zero-order valence-electron chi connectivity index (χ0n) is 9.64. The molecular weight excluding hydrogens is 266 g/mol. The second kappa shape index (κ2) is 4.76. The van der Waals surface area contributed by atoms with Crippen LogP contribution in [0.3, 0.4) is 0 Å². The minimum Gasteiger partial charge on any atom is -0.392 e. The molecule has 1 N–H and O–H groups in total. The summed E-state index contributed by atoms with van der Waals surface area (Å²) in [6, 6.07) is 12.1. The highest BCUT2D eigenvalue weighted by Crippen LogP contribution is 2.26. The lowest BCUT2D eigenvalue weighted by Gasteiger charge is -2.02. The Morgan fingerprint density at radius 3 is 2.72 bits per heavy atom. The van der Waals surface area contributed by atoms with E-state index in [1.54, 1.807) is 11.3 Å². The molecule has 0 unspecified atom stereocenters. The molecule has 0 saturated carbocycles. The molecule has 0 bridgehead atoms. The fraction of sp³-hybridized carbons (Fsp3) is 0.143. The summed E-state index contributed by atoms with van der Waals surface area (Å²) in [4.78, 5) is 1.21. The molecule has 0 aliphatic heterocycles. The molecule has 0 spiro atoms. The number of para-hydroxylation sites is 1. The SMILES string of the molecule is OCc1cn(Cc2ccc(Cl)s2)c2ccccc12. The van der Waals surface area contributed by atoms with Gasteiger partial charge >= 0.3 is 0 Å². The van der Waals surface area contributed by atoms with Crippen molar-refractivity contribution >= 4 is 33.8 Å². The molecule has 0 saturated heterocycles. The second-order valence-electron chi connectivity index (χ2n) is 4.16. The molecule has 92 valence electrons. The summed E-state index contributed by atoms with van der Waals surface area (Å²) in [6.45, 7) is 0.858. The van der Waals surface area contributed by atoms with Gasteiger partial charge in [0.15, 0.2) is 0 Å². The summed E-state index contributed by atoms with van der Waals surface area (Å²) in [5.41, 5.74) is 2.11. The van der Waals surface area contributed by atoms with Crippen LogP contribution >= 0.6 is 22.9 Å². The van der Waals surface area contributed by atoms with Crippen LogP contribution in [-0.2, 0) is 13.2 Å². The van der Waals surface area contributed by atoms with Gasteiger partial charge in [0, 0.05) is 27.5 Å². The fourth-order valence-corrected chi connectivity index (χ4v) is 3.27. The Morgan fingerprint density at radius 1 is 1.17 bits per heavy atom. The molecule has 0 amide bonds. The first-order valence-electron chi connectivity index (χ1n) is 5.70. The molecule has 0 aliphatic rings. The lowest BCUT2D eigenvalue weighted by molar-refractivity contribution is 0.283. The summed E-state index contributed by atoms with van der Waals surface area (Å²) in [5, 5.41) is 10.5. The third-order valence-electron chi connectivity index (χ3n) is 3.00. The van der Waals surface area contributed by atoms with E-state index in [1.807, 2.05) is 36.5 Å². The first-order valence-corrected chi connectivity index (χ1v) is 6.89. The molecule has 1 aromatic carbocycles. The first-order chi connectivity index (χ1) is 8.78. The highest BCUT2D eigenvalue weighted by molar-refractivity contribution is 7.16. The monoisotopic (exact) mass is 277 g/mol. The summed E-state index contributed by atoms with van der Waals surface area (Å²) in [5.74, 6) is 0. The highest BCUT2D eigenvalue weighted by atomic mass is 35.5. The van der Waals surface area contributed by atoms with E-state index < -0.39 is 0 Å². The standard InChI is InChI=1S/C14H12ClNOS/c15-14-6-5-11(18-14)8-16-7-10(9-17)12-3-1-2-4-13(12)16/h1-7,17H,8-9H2. The smallest absolute Gasteiger partial charge is 0.0931 e. The lowest BCUT2D eigenvalue weighted by Crippen LogP contribution is -1.95. The normalized spacial score (nSPS) is 11.2. The van der Waals surface area contributed by atoms with E-state index in [4.69, 9.17) is 11.6 Å². The average molecular weight is 278 g/mol. The van der Waals surface area contributed by atoms with Crippen molar-refractivity contribution in [2.45, 2.75) is 13.2 Å². The number of thiophene rings is 1. The average Bonchev–Trinajstić information content (AvgIpc) is 2.95. The summed E-state index contributed by atoms with van der Waals surface area (Å²) < 4.78 is 2.96. The molecule has 0 aliphatic carbocycles. The molecule has 0 radical (unpaired) electrons. The van der Waals surface area contributed by atoms with Crippen molar-refractivity contribution < 1.29 is 5.11 Å². The number of rotatable bonds is 3. The molecule has 3 aromatic rings. The van der Waals surface area contributed by atoms with Gasteiger partial charge in [0.1, 0.15) is 0 Å². The third-order valence-corrected chi connectivity index (χ3v) is 4.21. The number of hydrogen-bond donors (Lipinski definition) is 1. The van der Waals surface area contributed by atoms with E-state index in [0.29, 0.717) is 0 Å². The van der Waals surface area contributed by atoms with Gasteiger partial charge in [0.25, 0.3) is 0 Å². The van der Waals surface area contributed by atoms with Gasteiger partial charge in [-0.25, -0.2) is 0 Å². The Kier molecular flexibility index (Phi) is 3.12. The topological polar surface area (TPSA) is 25.2 Å². The van der Waals surface area contributed by atoms with Gasteiger partial charge in [-0.3, -0.25) is 0 Å². The van der Waals surface area contributed by atoms with E-state index >= 15 is 0 Å². The van der Waals surface area contributed by atoms with Crippen LogP contribution in [0.2, 0.25) is 4.34 Å². The predicted octanol–water partition coefficient (Wildman–Crippen LogP) is 3.90. The number of fused-ring (bicyclic) bond motifs is 1. The van der Waals surface area contributed by atoms with Crippen molar-refractivity contribution in [3.63, 3.8) is 0 Å². The van der Waals surface area contributed by atoms with Gasteiger partial charge < -0.3 is 9.67 Å². The van der Waals surface area contributed by atoms with E-state index in [1.165, 1.54) is 4.88 Å². The largest absolute Gasteiger partial charge is 0.392 e. The molecule has 0 fully saturated rings. The quantitative estimate of drug-likeness (QED) is 0.772. The molecule has 4 heteroatoms. The van der Waals surface area contributed by atoms with Gasteiger partial charge in [0.2, 0.25) is 0 Å². The van der Waals surface area contributed by atoms with E-state index in [9.17, 15) is 5.11 Å². The van der Waals surface area contributed by atoms with Crippen molar-refractivity contribution in [3.8, 4) is 0 Å². The molecule has 2 heterocycles. The Bertz CT molecular complexity index is 686. The van der Waals surface area contributed by atoms with Crippen molar-refractivity contribution in [2.24, 2.45) is 0 Å². The molecule has 18 heavy (non-hydrogen) atoms. The van der Waals surface area contributed by atoms with Gasteiger partial charge in [-0.15, -0.1) is 11.3 Å². The Balaban J connectivity index is 2.06. The minimum absolute atomic E-state index is 0.0682. The van der Waals surface area contributed by atoms with Gasteiger partial charge in [-0.2, -0.15) is 0 Å². The molecule has 3 rings (SSSR count). The van der Waals surface area contributed by atoms with Crippen LogP contribution in [0.4, 0.5) is 0 Å². The molecule has 2 aromatic heterocycles. The third kappa shape index (κ3) is 2.05. The van der Waals surface area contributed by atoms with Crippen LogP contribution in [0.25, 0.3) is 10.9 Å². The maximum atomic E-state index is 9.39. The van der Waals surface area contributed by atoms with Crippen LogP contribution < -0.4 is 0 Å². The summed E-state index contributed by atoms with van der Waals surface area (Å²) in [7, 11) is 0. The van der Waals surface area contributed by atoms with Crippen LogP contribution in [0.15, 0.2) is 42.6 Å². The maximum Gasteiger partial charge on any atom is 0.0931 e. The van der Waals surface area contributed by atoms with E-state index in [0.717, 1.165) is 27.3 Å². The van der Waals surface area contributed by atoms with Crippen LogP contribution in [0, 0.1) is 0 Å². The molecule has 0 atom stereocenters. The Morgan fingerprint density at radius 2 is 2.00 bits per heavy atom. The summed E-state index contributed by atoms with van der Waals surface area (Å²) >= 11 is 7.54. The van der Waals surface area contributed by atoms with Gasteiger partial charge in [-0.05, 0) is 18.2 Å². The van der Waals surface area contributed by atoms with Crippen molar-refractivity contribution in [1.82, 2.24) is 4.57 Å². The van der Waals surface area contributed by atoms with Gasteiger partial charge in [0.05, 0.1) is 17.5 Å². The number of aliphatic hydroxyl groups excluding tert-OH is 1. The Hall–Kier alpha value is -1.29. The number of hydrogen-bond acceptors (Lipinski definition) is 2. The van der Waals surface area contributed by atoms with Crippen LogP contribution in [0.5, 0.6) is 0 Å². The number of aliphatic hydroxyl groups is 1. The Labute approximate surface area is 114 Å². The number of halogens is 1. The van der Waals surface area contributed by atoms with Gasteiger partial charge in [-0.1, -0.05) is 29.8 Å². The second-order valence-corrected chi connectivity index (χ2v) is 5.96. The van der Waals surface area contributed by atoms with E-state index in [-0.39, 0.29) is 6.61 Å². The highest BCUT2D eigenvalue weighted by Gasteiger charge is 2.08. The van der Waals surface area contributed by atoms with Crippen LogP contribution in [0.1, 0.15) is 10.4 Å². The fourth-order valence-electron chi connectivity index (χ4n) is 2.18. The minimum atomic E-state index is 0.0682. The van der Waals surface area contributed by atoms with Crippen LogP contribution in [-0.4, -0.2) is 9.67 Å². The lowest BCUT2D eigenvalue weighted by atomic mass is 10.2. The predicted molar refractivity (Wildman–Crippen MR) is 76.3 cm³/mol. The van der Waals surface area contributed by atoms with E-state index in [2.05, 4.69) is 10.6 Å². The zero-order chi connectivity index (χ0) is 12.5. The number of nitrogens with zero attached hydrogens (tertiary/aromatic N) is 1. The molecule has 2 nitrogen and oxygen atoms in total. The maximum absolute atomic E-state index is 9.39. The number of aromatic nitrogens is 1. The zero-order valence-corrected chi connectivity index (χ0v) is 11.2. The first kappa shape index (κ1) is 11.8. The summed E-state index contributed by atoms with van der Waals surface area (Å²) in [6.07, 6.45) is 2.01. The van der Waals surface area contributed by atoms with Crippen molar-refractivity contribution in [2.75, 3.05) is 0 Å².